The highest BCUT2D eigenvalue weighted by molar-refractivity contribution is 9.10. The number of carbonyl (C=O) groups excluding carboxylic acids is 1. The van der Waals surface area contributed by atoms with Crippen molar-refractivity contribution in [3.8, 4) is 0 Å². The van der Waals surface area contributed by atoms with Crippen molar-refractivity contribution in [3.63, 3.8) is 0 Å². The molecule has 0 bridgehead atoms. The molecule has 1 rings (SSSR count). The van der Waals surface area contributed by atoms with Gasteiger partial charge in [-0.3, -0.25) is 9.59 Å². The van der Waals surface area contributed by atoms with Crippen molar-refractivity contribution >= 4 is 27.8 Å². The second kappa shape index (κ2) is 6.88. The van der Waals surface area contributed by atoms with Gasteiger partial charge in [0, 0.05) is 10.9 Å². The average molecular weight is 342 g/mol. The molecule has 20 heavy (non-hydrogen) atoms. The van der Waals surface area contributed by atoms with E-state index in [2.05, 4.69) is 21.2 Å². The lowest BCUT2D eigenvalue weighted by molar-refractivity contribution is -0.137. The Hall–Kier alpha value is -1.36. The SMILES string of the molecule is CC(C)(C)CC(=O)NC(CC(=O)O)c1cccc(Br)c1. The van der Waals surface area contributed by atoms with Gasteiger partial charge in [-0.25, -0.2) is 0 Å². The summed E-state index contributed by atoms with van der Waals surface area (Å²) in [5.41, 5.74) is 0.652. The number of nitrogens with one attached hydrogen (secondary N) is 1. The van der Waals surface area contributed by atoms with Crippen LogP contribution in [0.5, 0.6) is 0 Å². The molecule has 1 aromatic carbocycles. The van der Waals surface area contributed by atoms with Crippen LogP contribution in [0.3, 0.4) is 0 Å². The lowest BCUT2D eigenvalue weighted by atomic mass is 9.91. The van der Waals surface area contributed by atoms with Crippen LogP contribution in [0.15, 0.2) is 28.7 Å². The number of halogens is 1. The third kappa shape index (κ3) is 6.19. The van der Waals surface area contributed by atoms with Crippen molar-refractivity contribution in [1.82, 2.24) is 5.32 Å². The summed E-state index contributed by atoms with van der Waals surface area (Å²) >= 11 is 3.35. The molecule has 5 heteroatoms. The quantitative estimate of drug-likeness (QED) is 0.860. The fourth-order valence-corrected chi connectivity index (χ4v) is 2.29. The summed E-state index contributed by atoms with van der Waals surface area (Å²) in [4.78, 5) is 23.0. The third-order valence-corrected chi connectivity index (χ3v) is 3.15. The predicted molar refractivity (Wildman–Crippen MR) is 81.4 cm³/mol. The third-order valence-electron chi connectivity index (χ3n) is 2.66. The Labute approximate surface area is 127 Å². The summed E-state index contributed by atoms with van der Waals surface area (Å²) in [5, 5.41) is 11.8. The molecule has 1 aromatic rings. The zero-order valence-electron chi connectivity index (χ0n) is 11.9. The van der Waals surface area contributed by atoms with E-state index in [1.54, 1.807) is 0 Å². The molecule has 0 aliphatic rings. The van der Waals surface area contributed by atoms with Gasteiger partial charge < -0.3 is 10.4 Å². The molecule has 1 atom stereocenters. The van der Waals surface area contributed by atoms with Gasteiger partial charge in [-0.15, -0.1) is 0 Å². The van der Waals surface area contributed by atoms with Gasteiger partial charge in [-0.1, -0.05) is 48.8 Å². The Kier molecular flexibility index (Phi) is 5.74. The zero-order chi connectivity index (χ0) is 15.3. The number of hydrogen-bond donors (Lipinski definition) is 2. The van der Waals surface area contributed by atoms with Crippen LogP contribution in [-0.2, 0) is 9.59 Å². The second-order valence-corrected chi connectivity index (χ2v) is 6.93. The molecule has 0 aliphatic carbocycles. The van der Waals surface area contributed by atoms with Crippen LogP contribution in [0.4, 0.5) is 0 Å². The van der Waals surface area contributed by atoms with Gasteiger partial charge in [0.25, 0.3) is 0 Å². The molecule has 0 fully saturated rings. The van der Waals surface area contributed by atoms with E-state index in [4.69, 9.17) is 5.11 Å². The van der Waals surface area contributed by atoms with Crippen molar-refractivity contribution in [2.24, 2.45) is 5.41 Å². The second-order valence-electron chi connectivity index (χ2n) is 6.01. The van der Waals surface area contributed by atoms with E-state index in [0.717, 1.165) is 10.0 Å². The first-order chi connectivity index (χ1) is 9.17. The van der Waals surface area contributed by atoms with Crippen molar-refractivity contribution in [2.45, 2.75) is 39.7 Å². The predicted octanol–water partition coefficient (Wildman–Crippen LogP) is 3.52. The Bertz CT molecular complexity index is 494. The number of carboxylic acids is 1. The van der Waals surface area contributed by atoms with Crippen LogP contribution in [0.2, 0.25) is 0 Å². The number of benzene rings is 1. The zero-order valence-corrected chi connectivity index (χ0v) is 13.5. The normalized spacial score (nSPS) is 12.8. The Morgan fingerprint density at radius 2 is 2.00 bits per heavy atom. The van der Waals surface area contributed by atoms with Gasteiger partial charge in [-0.05, 0) is 23.1 Å². The molecule has 2 N–H and O–H groups in total. The average Bonchev–Trinajstić information content (AvgIpc) is 2.24. The maximum atomic E-state index is 12.0. The molecule has 0 saturated carbocycles. The Morgan fingerprint density at radius 1 is 1.35 bits per heavy atom. The summed E-state index contributed by atoms with van der Waals surface area (Å²) < 4.78 is 0.857. The molecule has 0 saturated heterocycles. The molecule has 0 radical (unpaired) electrons. The summed E-state index contributed by atoms with van der Waals surface area (Å²) in [6.45, 7) is 5.91. The number of aliphatic carboxylic acids is 1. The maximum Gasteiger partial charge on any atom is 0.305 e. The van der Waals surface area contributed by atoms with Crippen LogP contribution in [0, 0.1) is 5.41 Å². The summed E-state index contributed by atoms with van der Waals surface area (Å²) in [7, 11) is 0. The maximum absolute atomic E-state index is 12.0. The molecular formula is C15H20BrNO3. The van der Waals surface area contributed by atoms with Crippen LogP contribution in [0.25, 0.3) is 0 Å². The minimum atomic E-state index is -0.939. The van der Waals surface area contributed by atoms with Crippen molar-refractivity contribution < 1.29 is 14.7 Å². The van der Waals surface area contributed by atoms with Crippen LogP contribution in [-0.4, -0.2) is 17.0 Å². The van der Waals surface area contributed by atoms with Gasteiger partial charge in [0.2, 0.25) is 5.91 Å². The lowest BCUT2D eigenvalue weighted by Crippen LogP contribution is -2.32. The first-order valence-corrected chi connectivity index (χ1v) is 7.23. The number of rotatable bonds is 5. The molecule has 0 aliphatic heterocycles. The van der Waals surface area contributed by atoms with E-state index >= 15 is 0 Å². The fourth-order valence-electron chi connectivity index (χ4n) is 1.88. The first-order valence-electron chi connectivity index (χ1n) is 6.44. The largest absolute Gasteiger partial charge is 0.481 e. The molecule has 0 heterocycles. The summed E-state index contributed by atoms with van der Waals surface area (Å²) in [5.74, 6) is -1.07. The summed E-state index contributed by atoms with van der Waals surface area (Å²) in [6.07, 6.45) is 0.226. The molecule has 4 nitrogen and oxygen atoms in total. The number of carboxylic acid groups (broad SMARTS) is 1. The van der Waals surface area contributed by atoms with Gasteiger partial charge in [0.05, 0.1) is 12.5 Å². The van der Waals surface area contributed by atoms with E-state index in [1.165, 1.54) is 0 Å². The van der Waals surface area contributed by atoms with Crippen LogP contribution < -0.4 is 5.32 Å². The lowest BCUT2D eigenvalue weighted by Gasteiger charge is -2.22. The van der Waals surface area contributed by atoms with E-state index in [9.17, 15) is 9.59 Å². The van der Waals surface area contributed by atoms with Crippen molar-refractivity contribution in [1.29, 1.82) is 0 Å². The van der Waals surface area contributed by atoms with E-state index in [1.807, 2.05) is 45.0 Å². The molecule has 1 unspecified atom stereocenters. The molecule has 110 valence electrons. The van der Waals surface area contributed by atoms with Crippen LogP contribution in [0.1, 0.15) is 45.2 Å². The molecular weight excluding hydrogens is 322 g/mol. The first kappa shape index (κ1) is 16.7. The fraction of sp³-hybridized carbons (Fsp3) is 0.467. The highest BCUT2D eigenvalue weighted by atomic mass is 79.9. The number of hydrogen-bond acceptors (Lipinski definition) is 2. The van der Waals surface area contributed by atoms with Crippen molar-refractivity contribution in [3.05, 3.63) is 34.3 Å². The van der Waals surface area contributed by atoms with Gasteiger partial charge in [-0.2, -0.15) is 0 Å². The molecule has 0 aromatic heterocycles. The smallest absolute Gasteiger partial charge is 0.305 e. The van der Waals surface area contributed by atoms with E-state index in [0.29, 0.717) is 6.42 Å². The number of amides is 1. The monoisotopic (exact) mass is 341 g/mol. The van der Waals surface area contributed by atoms with E-state index in [-0.39, 0.29) is 17.7 Å². The topological polar surface area (TPSA) is 66.4 Å². The van der Waals surface area contributed by atoms with Gasteiger partial charge >= 0.3 is 5.97 Å². The minimum absolute atomic E-state index is 0.130. The highest BCUT2D eigenvalue weighted by Gasteiger charge is 2.21. The Balaban J connectivity index is 2.85. The summed E-state index contributed by atoms with van der Waals surface area (Å²) in [6, 6.07) is 6.81. The molecule has 0 spiro atoms. The van der Waals surface area contributed by atoms with Crippen LogP contribution >= 0.6 is 15.9 Å². The Morgan fingerprint density at radius 3 is 2.50 bits per heavy atom. The van der Waals surface area contributed by atoms with Gasteiger partial charge in [0.15, 0.2) is 0 Å². The van der Waals surface area contributed by atoms with E-state index < -0.39 is 12.0 Å². The number of carbonyl (C=O) groups is 2. The van der Waals surface area contributed by atoms with Gasteiger partial charge in [0.1, 0.15) is 0 Å². The minimum Gasteiger partial charge on any atom is -0.481 e. The highest BCUT2D eigenvalue weighted by Crippen LogP contribution is 2.23. The van der Waals surface area contributed by atoms with Crippen molar-refractivity contribution in [2.75, 3.05) is 0 Å². The standard InChI is InChI=1S/C15H20BrNO3/c1-15(2,3)9-13(18)17-12(8-14(19)20)10-5-4-6-11(16)7-10/h4-7,12H,8-9H2,1-3H3,(H,17,18)(H,19,20). The molecule has 1 amide bonds.